The first-order chi connectivity index (χ1) is 20.6. The summed E-state index contributed by atoms with van der Waals surface area (Å²) in [5.41, 5.74) is -0.227. The van der Waals surface area contributed by atoms with Crippen molar-refractivity contribution in [2.75, 3.05) is 55.7 Å². The van der Waals surface area contributed by atoms with Crippen molar-refractivity contribution in [3.05, 3.63) is 54.1 Å². The minimum Gasteiger partial charge on any atom is -0.440 e. The number of aromatic nitrogens is 3. The molecular weight excluding hydrogens is 572 g/mol. The number of halogens is 2. The molecule has 2 aliphatic rings. The van der Waals surface area contributed by atoms with Crippen LogP contribution in [0.15, 0.2) is 36.8 Å². The second kappa shape index (κ2) is 12.5. The molecule has 2 saturated heterocycles. The molecule has 2 fully saturated rings. The average Bonchev–Trinajstić information content (AvgIpc) is 3.59. The third-order valence-corrected chi connectivity index (χ3v) is 6.93. The van der Waals surface area contributed by atoms with Crippen molar-refractivity contribution in [1.82, 2.24) is 24.6 Å². The summed E-state index contributed by atoms with van der Waals surface area (Å²) in [5.74, 6) is -2.32. The quantitative estimate of drug-likeness (QED) is 0.380. The monoisotopic (exact) mass is 601 g/mol. The van der Waals surface area contributed by atoms with Crippen molar-refractivity contribution in [1.29, 1.82) is 0 Å². The van der Waals surface area contributed by atoms with Gasteiger partial charge in [-0.2, -0.15) is 0 Å². The maximum absolute atomic E-state index is 15.2. The molecule has 228 valence electrons. The number of carbonyl (C=O) groups excluding carboxylic acids is 4. The van der Waals surface area contributed by atoms with Crippen LogP contribution >= 0.6 is 0 Å². The fourth-order valence-electron chi connectivity index (χ4n) is 4.85. The van der Waals surface area contributed by atoms with E-state index in [1.807, 2.05) is 0 Å². The molecule has 0 aliphatic carbocycles. The molecule has 0 bridgehead atoms. The van der Waals surface area contributed by atoms with Gasteiger partial charge in [0.2, 0.25) is 11.7 Å². The molecule has 2 atom stereocenters. The highest BCUT2D eigenvalue weighted by molar-refractivity contribution is 5.96. The molecule has 1 aromatic carbocycles. The van der Waals surface area contributed by atoms with E-state index in [0.29, 0.717) is 5.78 Å². The van der Waals surface area contributed by atoms with Crippen LogP contribution in [0.2, 0.25) is 0 Å². The molecule has 43 heavy (non-hydrogen) atoms. The van der Waals surface area contributed by atoms with E-state index < -0.39 is 41.9 Å². The van der Waals surface area contributed by atoms with Gasteiger partial charge in [0, 0.05) is 56.9 Å². The first-order valence-corrected chi connectivity index (χ1v) is 13.6. The summed E-state index contributed by atoms with van der Waals surface area (Å²) in [4.78, 5) is 61.6. The van der Waals surface area contributed by atoms with Crippen LogP contribution in [0.3, 0.4) is 0 Å². The minimum absolute atomic E-state index is 0.0536. The Morgan fingerprint density at radius 3 is 2.53 bits per heavy atom. The van der Waals surface area contributed by atoms with Crippen molar-refractivity contribution in [2.24, 2.45) is 0 Å². The maximum Gasteiger partial charge on any atom is 0.508 e. The summed E-state index contributed by atoms with van der Waals surface area (Å²) >= 11 is 0. The van der Waals surface area contributed by atoms with Crippen LogP contribution in [0.5, 0.6) is 0 Å². The van der Waals surface area contributed by atoms with Gasteiger partial charge in [0.25, 0.3) is 5.91 Å². The standard InChI is InChI=1S/C27H29F2N7O7/c1-3-41-27(40)42-15-18-13-36(26(39)43-18)17-11-19(28)22(20(29)12-17)33-7-9-34(10-8-33)24(38)16(2)31-23(37)21-14-35-6-4-5-30-25(35)32-21/h4-6,11-12,14,16,18H,3,7-10,13,15H2,1-2H3,(H,31,37)/t16-,18+/m0/s1. The van der Waals surface area contributed by atoms with Crippen LogP contribution in [0.1, 0.15) is 24.3 Å². The molecular formula is C27H29F2N7O7. The third kappa shape index (κ3) is 6.42. The van der Waals surface area contributed by atoms with E-state index in [2.05, 4.69) is 20.0 Å². The number of hydrogen-bond donors (Lipinski definition) is 1. The van der Waals surface area contributed by atoms with Gasteiger partial charge >= 0.3 is 12.2 Å². The van der Waals surface area contributed by atoms with Gasteiger partial charge in [-0.25, -0.2) is 28.3 Å². The second-order valence-corrected chi connectivity index (χ2v) is 9.83. The number of cyclic esters (lactones) is 1. The number of piperazine rings is 1. The normalized spacial score (nSPS) is 17.5. The van der Waals surface area contributed by atoms with Crippen molar-refractivity contribution in [3.63, 3.8) is 0 Å². The molecule has 3 aromatic rings. The van der Waals surface area contributed by atoms with E-state index in [1.54, 1.807) is 36.7 Å². The number of anilines is 2. The number of nitrogens with one attached hydrogen (secondary N) is 1. The summed E-state index contributed by atoms with van der Waals surface area (Å²) in [7, 11) is 0. The first kappa shape index (κ1) is 29.5. The summed E-state index contributed by atoms with van der Waals surface area (Å²) in [5, 5.41) is 2.63. The molecule has 4 heterocycles. The number of imidazole rings is 1. The van der Waals surface area contributed by atoms with Gasteiger partial charge in [-0.1, -0.05) is 0 Å². The molecule has 1 N–H and O–H groups in total. The number of amides is 3. The minimum atomic E-state index is -0.916. The molecule has 3 amide bonds. The van der Waals surface area contributed by atoms with Crippen LogP contribution < -0.4 is 15.1 Å². The fraction of sp³-hybridized carbons (Fsp3) is 0.407. The fourth-order valence-corrected chi connectivity index (χ4v) is 4.85. The highest BCUT2D eigenvalue weighted by atomic mass is 19.1. The average molecular weight is 602 g/mol. The van der Waals surface area contributed by atoms with Crippen LogP contribution in [0, 0.1) is 11.6 Å². The zero-order valence-corrected chi connectivity index (χ0v) is 23.4. The molecule has 0 saturated carbocycles. The third-order valence-electron chi connectivity index (χ3n) is 6.93. The van der Waals surface area contributed by atoms with E-state index in [0.717, 1.165) is 17.0 Å². The number of rotatable bonds is 8. The number of hydrogen-bond acceptors (Lipinski definition) is 10. The van der Waals surface area contributed by atoms with Gasteiger partial charge in [0.05, 0.1) is 18.8 Å². The number of benzene rings is 1. The van der Waals surface area contributed by atoms with Crippen LogP contribution in [-0.4, -0.2) is 101 Å². The Kier molecular flexibility index (Phi) is 8.54. The smallest absolute Gasteiger partial charge is 0.440 e. The zero-order valence-electron chi connectivity index (χ0n) is 23.4. The van der Waals surface area contributed by atoms with Gasteiger partial charge < -0.3 is 29.3 Å². The highest BCUT2D eigenvalue weighted by Gasteiger charge is 2.35. The molecule has 0 spiro atoms. The molecule has 5 rings (SSSR count). The summed E-state index contributed by atoms with van der Waals surface area (Å²) in [6.45, 7) is 3.52. The molecule has 14 nitrogen and oxygen atoms in total. The number of nitrogens with zero attached hydrogens (tertiary/aromatic N) is 6. The molecule has 16 heteroatoms. The van der Waals surface area contributed by atoms with Gasteiger partial charge in [-0.3, -0.25) is 18.9 Å². The van der Waals surface area contributed by atoms with E-state index in [1.165, 1.54) is 16.0 Å². The SMILES string of the molecule is CCOC(=O)OC[C@H]1CN(c2cc(F)c(N3CCN(C(=O)[C@H](C)NC(=O)c4cn5cccnc5n4)CC3)c(F)c2)C(=O)O1. The van der Waals surface area contributed by atoms with E-state index in [4.69, 9.17) is 9.47 Å². The topological polar surface area (TPSA) is 148 Å². The summed E-state index contributed by atoms with van der Waals surface area (Å²) < 4.78 is 46.6. The van der Waals surface area contributed by atoms with Crippen molar-refractivity contribution in [2.45, 2.75) is 26.0 Å². The lowest BCUT2D eigenvalue weighted by Crippen LogP contribution is -2.54. The van der Waals surface area contributed by atoms with Gasteiger partial charge in [-0.15, -0.1) is 0 Å². The highest BCUT2D eigenvalue weighted by Crippen LogP contribution is 2.31. The Hall–Kier alpha value is -5.02. The van der Waals surface area contributed by atoms with E-state index >= 15 is 8.78 Å². The van der Waals surface area contributed by atoms with Crippen LogP contribution in [0.4, 0.5) is 29.7 Å². The van der Waals surface area contributed by atoms with Crippen LogP contribution in [-0.2, 0) is 19.0 Å². The predicted molar refractivity (Wildman–Crippen MR) is 146 cm³/mol. The lowest BCUT2D eigenvalue weighted by atomic mass is 10.1. The Balaban J connectivity index is 1.16. The number of carbonyl (C=O) groups is 4. The lowest BCUT2D eigenvalue weighted by molar-refractivity contribution is -0.133. The van der Waals surface area contributed by atoms with Crippen molar-refractivity contribution in [3.8, 4) is 0 Å². The summed E-state index contributed by atoms with van der Waals surface area (Å²) in [6.07, 6.45) is 2.16. The molecule has 0 unspecified atom stereocenters. The molecule has 0 radical (unpaired) electrons. The lowest BCUT2D eigenvalue weighted by Gasteiger charge is -2.37. The van der Waals surface area contributed by atoms with Gasteiger partial charge in [-0.05, 0) is 19.9 Å². The summed E-state index contributed by atoms with van der Waals surface area (Å²) in [6, 6.07) is 2.88. The van der Waals surface area contributed by atoms with E-state index in [9.17, 15) is 19.2 Å². The predicted octanol–water partition coefficient (Wildman–Crippen LogP) is 1.97. The zero-order chi connectivity index (χ0) is 30.7. The Labute approximate surface area is 244 Å². The van der Waals surface area contributed by atoms with Crippen molar-refractivity contribution < 1.29 is 42.2 Å². The first-order valence-electron chi connectivity index (χ1n) is 13.6. The number of fused-ring (bicyclic) bond motifs is 1. The Morgan fingerprint density at radius 2 is 1.86 bits per heavy atom. The largest absolute Gasteiger partial charge is 0.508 e. The second-order valence-electron chi connectivity index (χ2n) is 9.83. The van der Waals surface area contributed by atoms with Gasteiger partial charge in [0.15, 0.2) is 17.7 Å². The van der Waals surface area contributed by atoms with Crippen molar-refractivity contribution >= 4 is 41.2 Å². The van der Waals surface area contributed by atoms with E-state index in [-0.39, 0.29) is 68.9 Å². The number of ether oxygens (including phenoxy) is 3. The Morgan fingerprint density at radius 1 is 1.14 bits per heavy atom. The van der Waals surface area contributed by atoms with Gasteiger partial charge in [0.1, 0.15) is 24.0 Å². The maximum atomic E-state index is 15.2. The van der Waals surface area contributed by atoms with Crippen LogP contribution in [0.25, 0.3) is 5.78 Å². The Bertz CT molecular complexity index is 1490. The molecule has 2 aliphatic heterocycles. The molecule has 2 aromatic heterocycles.